The summed E-state index contributed by atoms with van der Waals surface area (Å²) in [7, 11) is 0. The van der Waals surface area contributed by atoms with E-state index in [1.54, 1.807) is 18.2 Å². The third kappa shape index (κ3) is 6.98. The summed E-state index contributed by atoms with van der Waals surface area (Å²) in [6, 6.07) is 4.99. The van der Waals surface area contributed by atoms with Crippen molar-refractivity contribution in [2.75, 3.05) is 0 Å². The van der Waals surface area contributed by atoms with Crippen LogP contribution in [0.15, 0.2) is 23.2 Å². The molecule has 9 heteroatoms. The van der Waals surface area contributed by atoms with Gasteiger partial charge >= 0.3 is 0 Å². The van der Waals surface area contributed by atoms with Crippen molar-refractivity contribution < 1.29 is 20.5 Å². The number of nitrogens with two attached hydrogens (primary N) is 2. The van der Waals surface area contributed by atoms with Crippen LogP contribution in [0.4, 0.5) is 5.69 Å². The number of guanidine groups is 1. The fourth-order valence-electron chi connectivity index (χ4n) is 1.14. The van der Waals surface area contributed by atoms with Gasteiger partial charge in [-0.25, -0.2) is 4.99 Å². The first-order chi connectivity index (χ1) is 8.38. The second-order valence-corrected chi connectivity index (χ2v) is 3.10. The van der Waals surface area contributed by atoms with Gasteiger partial charge in [-0.2, -0.15) is 0 Å². The number of hydrogen-bond donors (Lipinski definition) is 5. The second-order valence-electron chi connectivity index (χ2n) is 3.10. The summed E-state index contributed by atoms with van der Waals surface area (Å²) >= 11 is 0. The molecular formula is C9H14N4O5. The average Bonchev–Trinajstić information content (AvgIpc) is 2.26. The van der Waals surface area contributed by atoms with Crippen molar-refractivity contribution in [2.45, 2.75) is 13.2 Å². The van der Waals surface area contributed by atoms with E-state index in [4.69, 9.17) is 37.0 Å². The molecule has 0 aliphatic carbocycles. The number of aliphatic imine (C=N–C) groups is 1. The Bertz CT molecular complexity index is 405. The maximum absolute atomic E-state index is 8.92. The molecule has 1 aromatic carbocycles. The highest BCUT2D eigenvalue weighted by Gasteiger charge is 1.99. The SMILES string of the molecule is NC(N)=Nc1cc(CO)cc(CO)c1.O=[N+]([O-])O. The summed E-state index contributed by atoms with van der Waals surface area (Å²) in [5.74, 6) is -0.0519. The van der Waals surface area contributed by atoms with Crippen LogP contribution in [0.5, 0.6) is 0 Å². The molecule has 0 amide bonds. The van der Waals surface area contributed by atoms with E-state index in [2.05, 4.69) is 4.99 Å². The van der Waals surface area contributed by atoms with Crippen LogP contribution in [-0.2, 0) is 13.2 Å². The van der Waals surface area contributed by atoms with Crippen LogP contribution in [0.2, 0.25) is 0 Å². The number of aliphatic hydroxyl groups is 2. The van der Waals surface area contributed by atoms with Crippen molar-refractivity contribution in [1.82, 2.24) is 0 Å². The summed E-state index contributed by atoms with van der Waals surface area (Å²) in [5, 5.41) is 31.5. The molecule has 0 aromatic heterocycles. The predicted molar refractivity (Wildman–Crippen MR) is 62.5 cm³/mol. The van der Waals surface area contributed by atoms with Gasteiger partial charge in [0.05, 0.1) is 18.9 Å². The van der Waals surface area contributed by atoms with Crippen LogP contribution in [0.25, 0.3) is 0 Å². The van der Waals surface area contributed by atoms with Crippen molar-refractivity contribution in [1.29, 1.82) is 0 Å². The van der Waals surface area contributed by atoms with Gasteiger partial charge in [0.2, 0.25) is 0 Å². The standard InChI is InChI=1S/C9H13N3O2.HNO3/c10-9(11)12-8-2-6(4-13)1-7(3-8)5-14;2-1(3)4/h1-3,13-14H,4-5H2,(H4,10,11,12);(H,2,3,4). The Kier molecular flexibility index (Phi) is 6.78. The molecule has 0 saturated carbocycles. The lowest BCUT2D eigenvalue weighted by Crippen LogP contribution is -2.21. The summed E-state index contributed by atoms with van der Waals surface area (Å²) in [6.45, 7) is -0.221. The Morgan fingerprint density at radius 1 is 1.22 bits per heavy atom. The van der Waals surface area contributed by atoms with Gasteiger partial charge in [-0.15, -0.1) is 10.1 Å². The lowest BCUT2D eigenvalue weighted by atomic mass is 10.1. The number of hydrogen-bond acceptors (Lipinski definition) is 5. The number of nitrogens with zero attached hydrogens (tertiary/aromatic N) is 2. The molecular weight excluding hydrogens is 244 g/mol. The first-order valence-corrected chi connectivity index (χ1v) is 4.66. The molecule has 7 N–H and O–H groups in total. The Morgan fingerprint density at radius 3 is 1.89 bits per heavy atom. The van der Waals surface area contributed by atoms with Crippen LogP contribution in [0, 0.1) is 10.1 Å². The van der Waals surface area contributed by atoms with Crippen LogP contribution in [0.3, 0.4) is 0 Å². The molecule has 0 spiro atoms. The van der Waals surface area contributed by atoms with E-state index < -0.39 is 5.09 Å². The largest absolute Gasteiger partial charge is 0.392 e. The summed E-state index contributed by atoms with van der Waals surface area (Å²) in [6.07, 6.45) is 0. The lowest BCUT2D eigenvalue weighted by Gasteiger charge is -2.03. The van der Waals surface area contributed by atoms with Gasteiger partial charge in [-0.05, 0) is 23.3 Å². The highest BCUT2D eigenvalue weighted by atomic mass is 16.9. The van der Waals surface area contributed by atoms with Crippen LogP contribution < -0.4 is 11.5 Å². The normalized spacial score (nSPS) is 9.00. The highest BCUT2D eigenvalue weighted by molar-refractivity contribution is 5.79. The monoisotopic (exact) mass is 258 g/mol. The quantitative estimate of drug-likeness (QED) is 0.205. The van der Waals surface area contributed by atoms with Gasteiger partial charge in [0.15, 0.2) is 5.96 Å². The van der Waals surface area contributed by atoms with Gasteiger partial charge < -0.3 is 26.9 Å². The van der Waals surface area contributed by atoms with Crippen molar-refractivity contribution >= 4 is 11.6 Å². The third-order valence-electron chi connectivity index (χ3n) is 1.66. The lowest BCUT2D eigenvalue weighted by molar-refractivity contribution is -0.742. The van der Waals surface area contributed by atoms with Crippen LogP contribution in [0.1, 0.15) is 11.1 Å². The molecule has 0 radical (unpaired) electrons. The third-order valence-corrected chi connectivity index (χ3v) is 1.66. The maximum atomic E-state index is 8.92. The Morgan fingerprint density at radius 2 is 1.61 bits per heavy atom. The minimum absolute atomic E-state index is 0.0519. The topological polar surface area (TPSA) is 168 Å². The molecule has 1 rings (SSSR count). The van der Waals surface area contributed by atoms with Crippen molar-refractivity contribution in [3.05, 3.63) is 39.4 Å². The van der Waals surface area contributed by atoms with Gasteiger partial charge in [0, 0.05) is 0 Å². The first-order valence-electron chi connectivity index (χ1n) is 4.66. The van der Waals surface area contributed by atoms with Crippen LogP contribution in [-0.4, -0.2) is 26.5 Å². The fraction of sp³-hybridized carbons (Fsp3) is 0.222. The Balaban J connectivity index is 0.000000631. The summed E-state index contributed by atoms with van der Waals surface area (Å²) in [5.41, 5.74) is 12.3. The van der Waals surface area contributed by atoms with Gasteiger partial charge in [-0.1, -0.05) is 6.07 Å². The van der Waals surface area contributed by atoms with E-state index in [1.807, 2.05) is 0 Å². The number of aliphatic hydroxyl groups excluding tert-OH is 2. The van der Waals surface area contributed by atoms with Crippen molar-refractivity contribution in [3.63, 3.8) is 0 Å². The van der Waals surface area contributed by atoms with E-state index in [1.165, 1.54) is 0 Å². The molecule has 0 unspecified atom stereocenters. The molecule has 0 atom stereocenters. The predicted octanol–water partition coefficient (Wildman–Crippen LogP) is -0.772. The number of rotatable bonds is 3. The zero-order valence-corrected chi connectivity index (χ0v) is 9.35. The fourth-order valence-corrected chi connectivity index (χ4v) is 1.14. The first kappa shape index (κ1) is 15.6. The smallest absolute Gasteiger partial charge is 0.291 e. The Hall–Kier alpha value is -2.39. The van der Waals surface area contributed by atoms with E-state index in [0.29, 0.717) is 16.8 Å². The highest BCUT2D eigenvalue weighted by Crippen LogP contribution is 2.17. The van der Waals surface area contributed by atoms with Gasteiger partial charge in [-0.3, -0.25) is 0 Å². The molecule has 0 heterocycles. The molecule has 100 valence electrons. The molecule has 0 aliphatic rings. The molecule has 0 fully saturated rings. The van der Waals surface area contributed by atoms with Gasteiger partial charge in [0.25, 0.3) is 5.09 Å². The minimum atomic E-state index is -1.50. The van der Waals surface area contributed by atoms with Crippen LogP contribution >= 0.6 is 0 Å². The van der Waals surface area contributed by atoms with Crippen molar-refractivity contribution in [3.8, 4) is 0 Å². The molecule has 0 aliphatic heterocycles. The van der Waals surface area contributed by atoms with Gasteiger partial charge in [0.1, 0.15) is 0 Å². The zero-order valence-electron chi connectivity index (χ0n) is 9.35. The van der Waals surface area contributed by atoms with E-state index in [9.17, 15) is 0 Å². The molecule has 9 nitrogen and oxygen atoms in total. The average molecular weight is 258 g/mol. The van der Waals surface area contributed by atoms with E-state index in [-0.39, 0.29) is 19.2 Å². The summed E-state index contributed by atoms with van der Waals surface area (Å²) < 4.78 is 0. The molecule has 18 heavy (non-hydrogen) atoms. The van der Waals surface area contributed by atoms with E-state index in [0.717, 1.165) is 0 Å². The maximum Gasteiger partial charge on any atom is 0.291 e. The minimum Gasteiger partial charge on any atom is -0.392 e. The van der Waals surface area contributed by atoms with Crippen molar-refractivity contribution in [2.24, 2.45) is 16.5 Å². The molecule has 0 bridgehead atoms. The Labute approximate surface area is 102 Å². The number of benzene rings is 1. The second kappa shape index (κ2) is 7.81. The molecule has 1 aromatic rings. The zero-order chi connectivity index (χ0) is 14.1. The summed E-state index contributed by atoms with van der Waals surface area (Å²) in [4.78, 5) is 12.2. The van der Waals surface area contributed by atoms with E-state index >= 15 is 0 Å². The molecule has 0 saturated heterocycles.